The average molecular weight is 326 g/mol. The van der Waals surface area contributed by atoms with Crippen molar-refractivity contribution >= 4 is 12.2 Å². The van der Waals surface area contributed by atoms with Gasteiger partial charge in [-0.2, -0.15) is 0 Å². The molecule has 0 N–H and O–H groups in total. The molecule has 0 unspecified atom stereocenters. The molecule has 0 aromatic rings. The van der Waals surface area contributed by atoms with Crippen LogP contribution in [0.3, 0.4) is 0 Å². The summed E-state index contributed by atoms with van der Waals surface area (Å²) in [5.74, 6) is 0.322. The van der Waals surface area contributed by atoms with E-state index in [2.05, 4.69) is 0 Å². The van der Waals surface area contributed by atoms with Crippen LogP contribution in [0.25, 0.3) is 0 Å². The molecule has 0 aromatic heterocycles. The molecular weight excluding hydrogens is 286 g/mol. The van der Waals surface area contributed by atoms with Crippen molar-refractivity contribution in [1.82, 2.24) is 4.90 Å². The quantitative estimate of drug-likeness (QED) is 0.261. The molecule has 0 heterocycles. The Hall–Kier alpha value is -0.860. The van der Waals surface area contributed by atoms with Crippen LogP contribution in [-0.4, -0.2) is 30.2 Å². The van der Waals surface area contributed by atoms with Gasteiger partial charge in [0.1, 0.15) is 6.29 Å². The summed E-state index contributed by atoms with van der Waals surface area (Å²) in [4.78, 5) is 23.9. The summed E-state index contributed by atoms with van der Waals surface area (Å²) < 4.78 is 0. The lowest BCUT2D eigenvalue weighted by atomic mass is 10.0. The van der Waals surface area contributed by atoms with Crippen LogP contribution < -0.4 is 0 Å². The lowest BCUT2D eigenvalue weighted by Gasteiger charge is -2.18. The number of rotatable bonds is 17. The third kappa shape index (κ3) is 14.5. The van der Waals surface area contributed by atoms with E-state index in [1.54, 1.807) is 0 Å². The Morgan fingerprint density at radius 1 is 0.696 bits per heavy atom. The van der Waals surface area contributed by atoms with Crippen molar-refractivity contribution in [3.63, 3.8) is 0 Å². The van der Waals surface area contributed by atoms with Gasteiger partial charge in [-0.15, -0.1) is 0 Å². The van der Waals surface area contributed by atoms with Crippen LogP contribution in [-0.2, 0) is 9.59 Å². The Bertz CT molecular complexity index is 275. The Labute approximate surface area is 144 Å². The number of carbonyl (C=O) groups excluding carboxylic acids is 2. The van der Waals surface area contributed by atoms with Gasteiger partial charge in [-0.05, 0) is 26.7 Å². The first-order valence-corrected chi connectivity index (χ1v) is 9.97. The number of hydrogen-bond acceptors (Lipinski definition) is 2. The summed E-state index contributed by atoms with van der Waals surface area (Å²) in [7, 11) is 0. The van der Waals surface area contributed by atoms with Crippen LogP contribution in [0.15, 0.2) is 0 Å². The Morgan fingerprint density at radius 2 is 1.09 bits per heavy atom. The molecule has 0 atom stereocenters. The molecule has 3 heteroatoms. The van der Waals surface area contributed by atoms with Gasteiger partial charge in [0.2, 0.25) is 5.91 Å². The molecule has 0 saturated carbocycles. The number of aldehydes is 1. The molecular formula is C20H39NO2. The van der Waals surface area contributed by atoms with E-state index < -0.39 is 0 Å². The average Bonchev–Trinajstić information content (AvgIpc) is 2.56. The molecule has 0 aliphatic rings. The molecule has 1 amide bonds. The summed E-state index contributed by atoms with van der Waals surface area (Å²) in [5.41, 5.74) is 0. The van der Waals surface area contributed by atoms with E-state index in [9.17, 15) is 9.59 Å². The molecule has 0 radical (unpaired) electrons. The number of unbranched alkanes of at least 4 members (excludes halogenated alkanes) is 12. The smallest absolute Gasteiger partial charge is 0.222 e. The van der Waals surface area contributed by atoms with E-state index >= 15 is 0 Å². The van der Waals surface area contributed by atoms with Gasteiger partial charge in [-0.3, -0.25) is 4.79 Å². The van der Waals surface area contributed by atoms with E-state index in [-0.39, 0.29) is 0 Å². The summed E-state index contributed by atoms with van der Waals surface area (Å²) >= 11 is 0. The number of amides is 1. The molecule has 0 bridgehead atoms. The zero-order valence-electron chi connectivity index (χ0n) is 15.7. The van der Waals surface area contributed by atoms with Crippen molar-refractivity contribution < 1.29 is 9.59 Å². The van der Waals surface area contributed by atoms with Crippen molar-refractivity contribution in [3.8, 4) is 0 Å². The summed E-state index contributed by atoms with van der Waals surface area (Å²) in [5, 5.41) is 0. The van der Waals surface area contributed by atoms with Gasteiger partial charge in [-0.1, -0.05) is 64.2 Å². The summed E-state index contributed by atoms with van der Waals surface area (Å²) in [6.45, 7) is 5.78. The molecule has 136 valence electrons. The fraction of sp³-hybridized carbons (Fsp3) is 0.900. The fourth-order valence-electron chi connectivity index (χ4n) is 3.01. The molecule has 0 rings (SSSR count). The van der Waals surface area contributed by atoms with Crippen LogP contribution in [0.2, 0.25) is 0 Å². The maximum absolute atomic E-state index is 11.8. The molecule has 0 aliphatic heterocycles. The van der Waals surface area contributed by atoms with Crippen LogP contribution in [0.5, 0.6) is 0 Å². The highest BCUT2D eigenvalue weighted by molar-refractivity contribution is 5.75. The van der Waals surface area contributed by atoms with Gasteiger partial charge in [0.25, 0.3) is 0 Å². The van der Waals surface area contributed by atoms with Crippen LogP contribution >= 0.6 is 0 Å². The Morgan fingerprint density at radius 3 is 1.48 bits per heavy atom. The molecule has 0 aromatic carbocycles. The van der Waals surface area contributed by atoms with Gasteiger partial charge < -0.3 is 9.69 Å². The minimum Gasteiger partial charge on any atom is -0.343 e. The highest BCUT2D eigenvalue weighted by atomic mass is 16.2. The van der Waals surface area contributed by atoms with Gasteiger partial charge >= 0.3 is 0 Å². The van der Waals surface area contributed by atoms with Crippen LogP contribution in [0, 0.1) is 0 Å². The minimum atomic E-state index is 0.322. The van der Waals surface area contributed by atoms with E-state index in [0.29, 0.717) is 5.91 Å². The second kappa shape index (κ2) is 17.5. The summed E-state index contributed by atoms with van der Waals surface area (Å²) in [6, 6.07) is 0. The maximum Gasteiger partial charge on any atom is 0.222 e. The zero-order chi connectivity index (χ0) is 17.2. The topological polar surface area (TPSA) is 37.4 Å². The number of carbonyl (C=O) groups is 2. The largest absolute Gasteiger partial charge is 0.343 e. The van der Waals surface area contributed by atoms with Gasteiger partial charge in [0.15, 0.2) is 0 Å². The van der Waals surface area contributed by atoms with Crippen molar-refractivity contribution in [3.05, 3.63) is 0 Å². The third-order valence-corrected chi connectivity index (χ3v) is 4.58. The van der Waals surface area contributed by atoms with Crippen molar-refractivity contribution in [2.24, 2.45) is 0 Å². The monoisotopic (exact) mass is 325 g/mol. The Balaban J connectivity index is 3.19. The Kier molecular flexibility index (Phi) is 16.8. The number of nitrogens with zero attached hydrogens (tertiary/aromatic N) is 1. The lowest BCUT2D eigenvalue weighted by Crippen LogP contribution is -2.30. The SMILES string of the molecule is CCN(CC)C(=O)CCCCCCCCCCCCCCC=O. The lowest BCUT2D eigenvalue weighted by molar-refractivity contribution is -0.130. The van der Waals surface area contributed by atoms with Gasteiger partial charge in [-0.25, -0.2) is 0 Å². The van der Waals surface area contributed by atoms with E-state index in [0.717, 1.165) is 45.1 Å². The molecule has 3 nitrogen and oxygen atoms in total. The molecule has 0 spiro atoms. The van der Waals surface area contributed by atoms with Crippen LogP contribution in [0.1, 0.15) is 104 Å². The third-order valence-electron chi connectivity index (χ3n) is 4.58. The van der Waals surface area contributed by atoms with Gasteiger partial charge in [0.05, 0.1) is 0 Å². The zero-order valence-corrected chi connectivity index (χ0v) is 15.7. The van der Waals surface area contributed by atoms with E-state index in [1.807, 2.05) is 18.7 Å². The standard InChI is InChI=1S/C20H39NO2/c1-3-21(4-2)20(23)18-16-14-12-10-8-6-5-7-9-11-13-15-17-19-22/h19H,3-18H2,1-2H3. The highest BCUT2D eigenvalue weighted by Gasteiger charge is 2.07. The second-order valence-corrected chi connectivity index (χ2v) is 6.51. The first-order valence-electron chi connectivity index (χ1n) is 9.97. The van der Waals surface area contributed by atoms with Crippen LogP contribution in [0.4, 0.5) is 0 Å². The van der Waals surface area contributed by atoms with E-state index in [4.69, 9.17) is 0 Å². The predicted molar refractivity (Wildman–Crippen MR) is 98.6 cm³/mol. The fourth-order valence-corrected chi connectivity index (χ4v) is 3.01. The molecule has 23 heavy (non-hydrogen) atoms. The first-order chi connectivity index (χ1) is 11.3. The normalized spacial score (nSPS) is 10.7. The van der Waals surface area contributed by atoms with E-state index in [1.165, 1.54) is 64.2 Å². The number of hydrogen-bond donors (Lipinski definition) is 0. The maximum atomic E-state index is 11.8. The van der Waals surface area contributed by atoms with Crippen molar-refractivity contribution in [2.75, 3.05) is 13.1 Å². The second-order valence-electron chi connectivity index (χ2n) is 6.51. The molecule has 0 saturated heterocycles. The first kappa shape index (κ1) is 22.1. The molecule has 0 fully saturated rings. The highest BCUT2D eigenvalue weighted by Crippen LogP contribution is 2.13. The van der Waals surface area contributed by atoms with Crippen molar-refractivity contribution in [1.29, 1.82) is 0 Å². The van der Waals surface area contributed by atoms with Crippen molar-refractivity contribution in [2.45, 2.75) is 104 Å². The predicted octanol–water partition coefficient (Wildman–Crippen LogP) is 5.52. The van der Waals surface area contributed by atoms with Gasteiger partial charge in [0, 0.05) is 25.9 Å². The molecule has 0 aliphatic carbocycles. The minimum absolute atomic E-state index is 0.322. The summed E-state index contributed by atoms with van der Waals surface area (Å²) in [6.07, 6.45) is 17.6.